The molecule has 137 heavy (non-hydrogen) atoms. The maximum absolute atomic E-state index is 13.5. The molecule has 3 rings (SSSR count). The lowest BCUT2D eigenvalue weighted by Gasteiger charge is -2.19. The second-order valence-corrected chi connectivity index (χ2v) is 28.9. The Morgan fingerprint density at radius 1 is 0.241 bits per heavy atom. The number of aliphatic carboxylic acids is 3. The van der Waals surface area contributed by atoms with Gasteiger partial charge in [0.1, 0.15) is 35.4 Å². The Labute approximate surface area is 801 Å². The lowest BCUT2D eigenvalue weighted by atomic mass is 10.0. The molecule has 3 aromatic rings. The van der Waals surface area contributed by atoms with Crippen molar-refractivity contribution in [2.75, 3.05) is 364 Å². The molecule has 11 N–H and O–H groups in total. The van der Waals surface area contributed by atoms with Crippen molar-refractivity contribution >= 4 is 53.4 Å². The van der Waals surface area contributed by atoms with Crippen LogP contribution >= 0.6 is 0 Å². The zero-order valence-electron chi connectivity index (χ0n) is 79.2. The highest BCUT2D eigenvalue weighted by molar-refractivity contribution is 5.89. The van der Waals surface area contributed by atoms with Crippen molar-refractivity contribution in [3.05, 3.63) is 89.5 Å². The number of nitrogens with one attached hydrogen (secondary N) is 6. The van der Waals surface area contributed by atoms with Gasteiger partial charge in [0.15, 0.2) is 19.8 Å². The van der Waals surface area contributed by atoms with Crippen molar-refractivity contribution in [3.8, 4) is 17.2 Å². The molecule has 3 unspecified atom stereocenters. The van der Waals surface area contributed by atoms with Crippen LogP contribution in [0.1, 0.15) is 36.0 Å². The molecule has 3 aromatic carbocycles. The molecule has 0 aliphatic rings. The molecule has 0 fully saturated rings. The van der Waals surface area contributed by atoms with Gasteiger partial charge in [-0.05, 0) is 53.1 Å². The zero-order valence-corrected chi connectivity index (χ0v) is 79.2. The predicted octanol–water partition coefficient (Wildman–Crippen LogP) is -0.935. The molecule has 0 saturated carbocycles. The molecule has 0 saturated heterocycles. The van der Waals surface area contributed by atoms with Crippen molar-refractivity contribution < 1.29 is 186 Å². The Kier molecular flexibility index (Phi) is 80.3. The average molecular weight is 1970 g/mol. The Balaban J connectivity index is 1.22. The van der Waals surface area contributed by atoms with Crippen molar-refractivity contribution in [1.29, 1.82) is 0 Å². The summed E-state index contributed by atoms with van der Waals surface area (Å²) in [6.07, 6.45) is 0.203. The van der Waals surface area contributed by atoms with E-state index in [4.69, 9.17) is 149 Å². The van der Waals surface area contributed by atoms with Gasteiger partial charge in [-0.3, -0.25) is 28.8 Å². The summed E-state index contributed by atoms with van der Waals surface area (Å²) in [5, 5.41) is 43.7. The van der Waals surface area contributed by atoms with Gasteiger partial charge >= 0.3 is 17.9 Å². The number of carboxylic acids is 3. The third kappa shape index (κ3) is 76.8. The van der Waals surface area contributed by atoms with Gasteiger partial charge in [-0.15, -0.1) is 0 Å². The molecule has 3 atom stereocenters. The van der Waals surface area contributed by atoms with Gasteiger partial charge < -0.3 is 181 Å². The molecule has 46 heteroatoms. The van der Waals surface area contributed by atoms with Crippen LogP contribution in [-0.2, 0) is 176 Å². The van der Waals surface area contributed by atoms with Crippen molar-refractivity contribution in [2.24, 2.45) is 5.73 Å². The standard InChI is InChI=1S/C91H149N7O39/c1-111-28-29-119-44-45-127-54-55-129-58-59-131-62-63-133-66-67-134-65-64-132-61-60-130-57-56-128-53-52-126-43-36-118-27-20-95-91(110)82(70-76-6-12-79(13-7-76)137-73-88(106)107)98-85(101)16-23-114-32-39-122-48-51-125-42-35-117-26-19-94-90(109)81(69-75-4-10-78(11-5-75)136-72-87(104)105)97-84(100)15-22-113-31-38-121-47-50-124-41-34-116-25-18-93-89(108)80(68-74-2-8-77(9-3-74)135-71-86(102)103)96-83(99)14-21-112-30-37-120-46-49-123-40-33-115-24-17-92/h2-13,80-82H,14-73,92H2,1H3,(H,93,108)(H,94,109)(H,95,110)(H,96,99)(H,97,100)(H,98,101)(H,102,103)(H,104,105)(H,106,107). The first kappa shape index (κ1) is 122. The SMILES string of the molecule is COCCOCCOCCOCCOCCOCCOCCOCCOCCOCCOCCOCCNC(=O)C(Cc1ccc(OCC(=O)O)cc1)NC(=O)CCOCCOCCOCCOCCNC(=O)C(Cc1ccc(OCC(=O)O)cc1)NC(=O)CCOCCOCCOCCOCCNC(=O)C(Cc1ccc(OCC(=O)O)cc1)NC(=O)CCOCCOCCOCCOCCN. The van der Waals surface area contributed by atoms with Gasteiger partial charge in [0.2, 0.25) is 35.4 Å². The summed E-state index contributed by atoms with van der Waals surface area (Å²) >= 11 is 0. The fourth-order valence-corrected chi connectivity index (χ4v) is 11.2. The molecule has 0 radical (unpaired) electrons. The van der Waals surface area contributed by atoms with E-state index in [-0.39, 0.29) is 190 Å². The fraction of sp³-hybridized carbons (Fsp3) is 0.703. The number of carbonyl (C=O) groups is 9. The molecule has 0 spiro atoms. The Morgan fingerprint density at radius 2 is 0.409 bits per heavy atom. The van der Waals surface area contributed by atoms with E-state index in [9.17, 15) is 43.2 Å². The number of amides is 6. The summed E-state index contributed by atoms with van der Waals surface area (Å²) in [6, 6.07) is 16.5. The third-order valence-corrected chi connectivity index (χ3v) is 18.0. The maximum Gasteiger partial charge on any atom is 0.341 e. The van der Waals surface area contributed by atoms with Gasteiger partial charge in [-0.2, -0.15) is 0 Å². The first-order valence-electron chi connectivity index (χ1n) is 46.0. The third-order valence-electron chi connectivity index (χ3n) is 18.0. The first-order chi connectivity index (χ1) is 67.0. The van der Waals surface area contributed by atoms with Gasteiger partial charge in [0.05, 0.1) is 311 Å². The summed E-state index contributed by atoms with van der Waals surface area (Å²) < 4.78 is 148. The lowest BCUT2D eigenvalue weighted by molar-refractivity contribution is -0.140. The van der Waals surface area contributed by atoms with Crippen molar-refractivity contribution in [1.82, 2.24) is 31.9 Å². The summed E-state index contributed by atoms with van der Waals surface area (Å²) in [5.74, 6) is -5.11. The van der Waals surface area contributed by atoms with Gasteiger partial charge in [-0.25, -0.2) is 14.4 Å². The number of carboxylic acid groups (broad SMARTS) is 3. The highest BCUT2D eigenvalue weighted by Crippen LogP contribution is 2.18. The van der Waals surface area contributed by atoms with E-state index in [0.717, 1.165) is 0 Å². The van der Waals surface area contributed by atoms with Crippen molar-refractivity contribution in [2.45, 2.75) is 56.7 Å². The van der Waals surface area contributed by atoms with E-state index in [1.807, 2.05) is 0 Å². The second kappa shape index (κ2) is 89.9. The molecular weight excluding hydrogens is 1820 g/mol. The Hall–Kier alpha value is -8.71. The fourth-order valence-electron chi connectivity index (χ4n) is 11.2. The molecule has 0 aliphatic carbocycles. The lowest BCUT2D eigenvalue weighted by Crippen LogP contribution is -2.48. The Bertz CT molecular complexity index is 3470. The summed E-state index contributed by atoms with van der Waals surface area (Å²) in [7, 11) is 1.63. The molecule has 0 aromatic heterocycles. The molecule has 782 valence electrons. The van der Waals surface area contributed by atoms with Crippen LogP contribution in [0.2, 0.25) is 0 Å². The molecule has 0 heterocycles. The minimum atomic E-state index is -1.14. The molecule has 46 nitrogen and oxygen atoms in total. The van der Waals surface area contributed by atoms with Crippen LogP contribution < -0.4 is 51.8 Å². The number of rotatable bonds is 101. The van der Waals surface area contributed by atoms with E-state index in [1.165, 1.54) is 0 Å². The summed E-state index contributed by atoms with van der Waals surface area (Å²) in [5.41, 5.74) is 7.41. The second-order valence-electron chi connectivity index (χ2n) is 28.9. The number of hydrogen-bond acceptors (Lipinski definition) is 37. The van der Waals surface area contributed by atoms with Gasteiger partial charge in [0.25, 0.3) is 0 Å². The van der Waals surface area contributed by atoms with Crippen LogP contribution in [0, 0.1) is 0 Å². The predicted molar refractivity (Wildman–Crippen MR) is 488 cm³/mol. The highest BCUT2D eigenvalue weighted by atomic mass is 16.6. The van der Waals surface area contributed by atoms with E-state index < -0.39 is 91.3 Å². The summed E-state index contributed by atoms with van der Waals surface area (Å²) in [6.45, 7) is 14.8. The number of benzene rings is 3. The smallest absolute Gasteiger partial charge is 0.341 e. The van der Waals surface area contributed by atoms with Gasteiger partial charge in [-0.1, -0.05) is 36.4 Å². The quantitative estimate of drug-likeness (QED) is 0.0305. The van der Waals surface area contributed by atoms with E-state index in [1.54, 1.807) is 79.9 Å². The molecular formula is C91H149N7O39. The number of nitrogens with two attached hydrogens (primary N) is 1. The van der Waals surface area contributed by atoms with Crippen LogP contribution in [0.4, 0.5) is 0 Å². The Morgan fingerprint density at radius 3 is 0.584 bits per heavy atom. The van der Waals surface area contributed by atoms with Crippen LogP contribution in [0.3, 0.4) is 0 Å². The van der Waals surface area contributed by atoms with Crippen LogP contribution in [-0.4, -0.2) is 450 Å². The van der Waals surface area contributed by atoms with Crippen LogP contribution in [0.15, 0.2) is 72.8 Å². The minimum Gasteiger partial charge on any atom is -0.482 e. The largest absolute Gasteiger partial charge is 0.482 e. The monoisotopic (exact) mass is 1960 g/mol. The molecule has 0 bridgehead atoms. The highest BCUT2D eigenvalue weighted by Gasteiger charge is 2.25. The summed E-state index contributed by atoms with van der Waals surface area (Å²) in [4.78, 5) is 113. The number of hydrogen-bond donors (Lipinski definition) is 10. The van der Waals surface area contributed by atoms with Crippen molar-refractivity contribution in [3.63, 3.8) is 0 Å². The van der Waals surface area contributed by atoms with E-state index >= 15 is 0 Å². The maximum atomic E-state index is 13.5. The van der Waals surface area contributed by atoms with E-state index in [0.29, 0.717) is 219 Å². The number of ether oxygens (including phenoxy) is 27. The number of carbonyl (C=O) groups excluding carboxylic acids is 6. The van der Waals surface area contributed by atoms with Crippen LogP contribution in [0.5, 0.6) is 17.2 Å². The normalized spacial score (nSPS) is 12.0. The topological polar surface area (TPSA) is 562 Å². The zero-order chi connectivity index (χ0) is 98.6. The first-order valence-corrected chi connectivity index (χ1v) is 46.0. The molecule has 6 amide bonds. The number of methoxy groups -OCH3 is 1. The van der Waals surface area contributed by atoms with Gasteiger partial charge in [0, 0.05) is 71.8 Å². The average Bonchev–Trinajstić information content (AvgIpc) is 0.882. The van der Waals surface area contributed by atoms with E-state index in [2.05, 4.69) is 31.9 Å². The van der Waals surface area contributed by atoms with Crippen LogP contribution in [0.25, 0.3) is 0 Å². The minimum absolute atomic E-state index is 0.0123. The molecule has 0 aliphatic heterocycles.